The minimum Gasteiger partial charge on any atom is -0.355 e. The van der Waals surface area contributed by atoms with Crippen molar-refractivity contribution in [3.8, 4) is 0 Å². The monoisotopic (exact) mass is 243 g/mol. The van der Waals surface area contributed by atoms with Gasteiger partial charge < -0.3 is 11.1 Å². The number of hydrogen-bond acceptors (Lipinski definition) is 3. The molecule has 0 radical (unpaired) electrons. The molecule has 0 bridgehead atoms. The van der Waals surface area contributed by atoms with Crippen LogP contribution in [0.4, 0.5) is 0 Å². The quantitative estimate of drug-likeness (QED) is 0.567. The number of hydrogen-bond donors (Lipinski definition) is 2. The van der Waals surface area contributed by atoms with Crippen LogP contribution in [0.25, 0.3) is 0 Å². The Bertz CT molecular complexity index is 195. The highest BCUT2D eigenvalue weighted by atomic mass is 16.2. The molecule has 102 valence electrons. The van der Waals surface area contributed by atoms with Crippen molar-refractivity contribution in [1.29, 1.82) is 0 Å². The van der Waals surface area contributed by atoms with E-state index in [-0.39, 0.29) is 5.91 Å². The molecule has 0 heterocycles. The summed E-state index contributed by atoms with van der Waals surface area (Å²) in [6, 6.07) is 0. The lowest BCUT2D eigenvalue weighted by Gasteiger charge is -2.16. The van der Waals surface area contributed by atoms with Gasteiger partial charge in [0, 0.05) is 6.54 Å². The van der Waals surface area contributed by atoms with Gasteiger partial charge in [0.15, 0.2) is 0 Å². The lowest BCUT2D eigenvalue weighted by atomic mass is 10.1. The van der Waals surface area contributed by atoms with E-state index in [9.17, 15) is 4.79 Å². The molecular formula is C13H29N3O. The average Bonchev–Trinajstić information content (AvgIpc) is 2.23. The molecule has 4 heteroatoms. The predicted octanol–water partition coefficient (Wildman–Crippen LogP) is 1.21. The van der Waals surface area contributed by atoms with Crippen LogP contribution < -0.4 is 11.1 Å². The molecule has 0 spiro atoms. The van der Waals surface area contributed by atoms with E-state index in [1.165, 1.54) is 0 Å². The summed E-state index contributed by atoms with van der Waals surface area (Å²) < 4.78 is 0. The molecule has 1 amide bonds. The van der Waals surface area contributed by atoms with Gasteiger partial charge in [0.05, 0.1) is 6.54 Å². The lowest BCUT2D eigenvalue weighted by Crippen LogP contribution is -2.36. The molecule has 0 aromatic heterocycles. The maximum absolute atomic E-state index is 11.6. The summed E-state index contributed by atoms with van der Waals surface area (Å²) >= 11 is 0. The highest BCUT2D eigenvalue weighted by Gasteiger charge is 2.05. The molecule has 0 fully saturated rings. The summed E-state index contributed by atoms with van der Waals surface area (Å²) in [7, 11) is 1.99. The first-order chi connectivity index (χ1) is 8.06. The van der Waals surface area contributed by atoms with Crippen molar-refractivity contribution in [3.05, 3.63) is 0 Å². The molecule has 0 saturated carbocycles. The van der Waals surface area contributed by atoms with Gasteiger partial charge in [-0.1, -0.05) is 20.3 Å². The van der Waals surface area contributed by atoms with E-state index in [0.29, 0.717) is 12.5 Å². The van der Waals surface area contributed by atoms with Crippen molar-refractivity contribution in [3.63, 3.8) is 0 Å². The van der Waals surface area contributed by atoms with Gasteiger partial charge in [0.2, 0.25) is 5.91 Å². The van der Waals surface area contributed by atoms with Gasteiger partial charge in [-0.05, 0) is 45.3 Å². The molecule has 0 aliphatic heterocycles. The van der Waals surface area contributed by atoms with Crippen LogP contribution in [-0.2, 0) is 4.79 Å². The molecule has 0 atom stereocenters. The van der Waals surface area contributed by atoms with Crippen LogP contribution in [0.2, 0.25) is 0 Å². The largest absolute Gasteiger partial charge is 0.355 e. The molecule has 0 aromatic rings. The molecule has 17 heavy (non-hydrogen) atoms. The Kier molecular flexibility index (Phi) is 10.2. The van der Waals surface area contributed by atoms with E-state index in [4.69, 9.17) is 5.73 Å². The molecule has 4 nitrogen and oxygen atoms in total. The van der Waals surface area contributed by atoms with Gasteiger partial charge in [-0.2, -0.15) is 0 Å². The maximum atomic E-state index is 11.6. The second-order valence-electron chi connectivity index (χ2n) is 5.12. The zero-order chi connectivity index (χ0) is 13.1. The third-order valence-electron chi connectivity index (χ3n) is 2.70. The van der Waals surface area contributed by atoms with Gasteiger partial charge in [0.25, 0.3) is 0 Å². The van der Waals surface area contributed by atoms with Crippen molar-refractivity contribution in [2.24, 2.45) is 11.7 Å². The number of nitrogens with two attached hydrogens (primary N) is 1. The Morgan fingerprint density at radius 3 is 2.59 bits per heavy atom. The normalized spacial score (nSPS) is 11.2. The fourth-order valence-electron chi connectivity index (χ4n) is 1.58. The van der Waals surface area contributed by atoms with E-state index < -0.39 is 0 Å². The van der Waals surface area contributed by atoms with Crippen molar-refractivity contribution < 1.29 is 4.79 Å². The summed E-state index contributed by atoms with van der Waals surface area (Å²) in [5.74, 6) is 0.774. The van der Waals surface area contributed by atoms with Gasteiger partial charge in [-0.15, -0.1) is 0 Å². The van der Waals surface area contributed by atoms with Gasteiger partial charge >= 0.3 is 0 Å². The third-order valence-corrected chi connectivity index (χ3v) is 2.70. The number of nitrogens with one attached hydrogen (secondary N) is 1. The first kappa shape index (κ1) is 16.4. The minimum absolute atomic E-state index is 0.131. The van der Waals surface area contributed by atoms with Crippen molar-refractivity contribution >= 4 is 5.91 Å². The topological polar surface area (TPSA) is 58.4 Å². The lowest BCUT2D eigenvalue weighted by molar-refractivity contribution is -0.122. The second kappa shape index (κ2) is 10.5. The molecule has 0 aromatic carbocycles. The smallest absolute Gasteiger partial charge is 0.234 e. The number of rotatable bonds is 10. The van der Waals surface area contributed by atoms with Gasteiger partial charge in [-0.3, -0.25) is 9.69 Å². The zero-order valence-corrected chi connectivity index (χ0v) is 11.7. The zero-order valence-electron chi connectivity index (χ0n) is 11.7. The Balaban J connectivity index is 3.45. The summed E-state index contributed by atoms with van der Waals surface area (Å²) in [5.41, 5.74) is 5.43. The summed E-state index contributed by atoms with van der Waals surface area (Å²) in [4.78, 5) is 13.6. The van der Waals surface area contributed by atoms with Crippen molar-refractivity contribution in [2.75, 3.05) is 33.2 Å². The van der Waals surface area contributed by atoms with Crippen molar-refractivity contribution in [2.45, 2.75) is 39.5 Å². The molecule has 0 aliphatic carbocycles. The van der Waals surface area contributed by atoms with Crippen LogP contribution in [0.1, 0.15) is 39.5 Å². The Morgan fingerprint density at radius 2 is 2.00 bits per heavy atom. The summed E-state index contributed by atoms with van der Waals surface area (Å²) in [5, 5.41) is 2.95. The predicted molar refractivity (Wildman–Crippen MR) is 72.9 cm³/mol. The number of unbranched alkanes of at least 4 members (excludes halogenated alkanes) is 2. The summed E-state index contributed by atoms with van der Waals surface area (Å²) in [6.07, 6.45) is 4.39. The highest BCUT2D eigenvalue weighted by Crippen LogP contribution is 1.97. The molecule has 0 saturated heterocycles. The molecule has 3 N–H and O–H groups in total. The maximum Gasteiger partial charge on any atom is 0.234 e. The third kappa shape index (κ3) is 11.6. The molecule has 0 unspecified atom stereocenters. The van der Waals surface area contributed by atoms with Crippen LogP contribution in [0.3, 0.4) is 0 Å². The number of likely N-dealkylation sites (N-methyl/N-ethyl adjacent to an activating group) is 1. The first-order valence-electron chi connectivity index (χ1n) is 6.71. The number of carbonyl (C=O) groups excluding carboxylic acids is 1. The van der Waals surface area contributed by atoms with Crippen LogP contribution in [0, 0.1) is 5.92 Å². The van der Waals surface area contributed by atoms with E-state index in [0.717, 1.165) is 45.3 Å². The molecular weight excluding hydrogens is 214 g/mol. The van der Waals surface area contributed by atoms with Crippen molar-refractivity contribution in [1.82, 2.24) is 10.2 Å². The fourth-order valence-corrected chi connectivity index (χ4v) is 1.58. The van der Waals surface area contributed by atoms with Crippen LogP contribution in [0.5, 0.6) is 0 Å². The minimum atomic E-state index is 0.131. The van der Waals surface area contributed by atoms with E-state index in [2.05, 4.69) is 24.1 Å². The fraction of sp³-hybridized carbons (Fsp3) is 0.923. The van der Waals surface area contributed by atoms with Crippen LogP contribution >= 0.6 is 0 Å². The number of nitrogens with zero attached hydrogens (tertiary/aromatic N) is 1. The number of carbonyl (C=O) groups is 1. The van der Waals surface area contributed by atoms with E-state index in [1.807, 2.05) is 7.05 Å². The second-order valence-corrected chi connectivity index (χ2v) is 5.12. The molecule has 0 rings (SSSR count). The SMILES string of the molecule is CC(C)CCNC(=O)CN(C)CCCCCN. The summed E-state index contributed by atoms with van der Waals surface area (Å²) in [6.45, 7) is 7.35. The first-order valence-corrected chi connectivity index (χ1v) is 6.71. The highest BCUT2D eigenvalue weighted by molar-refractivity contribution is 5.77. The van der Waals surface area contributed by atoms with Gasteiger partial charge in [-0.25, -0.2) is 0 Å². The Labute approximate surface area is 106 Å². The molecule has 0 aliphatic rings. The van der Waals surface area contributed by atoms with E-state index in [1.54, 1.807) is 0 Å². The standard InChI is InChI=1S/C13H29N3O/c1-12(2)7-9-15-13(17)11-16(3)10-6-4-5-8-14/h12H,4-11,14H2,1-3H3,(H,15,17). The van der Waals surface area contributed by atoms with Crippen LogP contribution in [0.15, 0.2) is 0 Å². The van der Waals surface area contributed by atoms with Crippen LogP contribution in [-0.4, -0.2) is 44.0 Å². The average molecular weight is 243 g/mol. The van der Waals surface area contributed by atoms with Gasteiger partial charge in [0.1, 0.15) is 0 Å². The Hall–Kier alpha value is -0.610. The Morgan fingerprint density at radius 1 is 1.29 bits per heavy atom. The number of amides is 1. The van der Waals surface area contributed by atoms with E-state index >= 15 is 0 Å².